The molecule has 5 nitrogen and oxygen atoms in total. The van der Waals surface area contributed by atoms with Crippen LogP contribution in [0, 0.1) is 5.82 Å². The van der Waals surface area contributed by atoms with Crippen molar-refractivity contribution in [1.29, 1.82) is 0 Å². The third kappa shape index (κ3) is 2.57. The molecule has 2 aromatic rings. The maximum absolute atomic E-state index is 13.2. The van der Waals surface area contributed by atoms with E-state index < -0.39 is 11.9 Å². The molecule has 1 aromatic heterocycles. The molecule has 100 valence electrons. The molecule has 1 heterocycles. The maximum Gasteiger partial charge on any atom is 0.325 e. The fourth-order valence-electron chi connectivity index (χ4n) is 1.84. The monoisotopic (exact) mass is 264 g/mol. The van der Waals surface area contributed by atoms with Gasteiger partial charge in [-0.25, -0.2) is 4.39 Å². The van der Waals surface area contributed by atoms with Gasteiger partial charge in [-0.3, -0.25) is 9.59 Å². The van der Waals surface area contributed by atoms with Crippen LogP contribution in [-0.4, -0.2) is 30.1 Å². The molecule has 0 atom stereocenters. The third-order valence-electron chi connectivity index (χ3n) is 2.86. The second-order valence-electron chi connectivity index (χ2n) is 4.05. The highest BCUT2D eigenvalue weighted by Crippen LogP contribution is 2.19. The van der Waals surface area contributed by atoms with E-state index in [1.54, 1.807) is 23.7 Å². The van der Waals surface area contributed by atoms with E-state index >= 15 is 0 Å². The molecule has 0 spiro atoms. The molecule has 1 N–H and O–H groups in total. The van der Waals surface area contributed by atoms with E-state index in [4.69, 9.17) is 0 Å². The number of hydrogen-bond donors (Lipinski definition) is 1. The number of nitrogens with zero attached hydrogens (tertiary/aromatic N) is 1. The molecule has 1 aromatic carbocycles. The number of halogens is 1. The molecule has 0 aliphatic heterocycles. The van der Waals surface area contributed by atoms with Crippen molar-refractivity contribution in [2.45, 2.75) is 0 Å². The van der Waals surface area contributed by atoms with Gasteiger partial charge in [0.1, 0.15) is 18.1 Å². The van der Waals surface area contributed by atoms with E-state index in [1.807, 2.05) is 0 Å². The quantitative estimate of drug-likeness (QED) is 0.848. The molecule has 0 fully saturated rings. The van der Waals surface area contributed by atoms with E-state index in [0.717, 1.165) is 5.39 Å². The van der Waals surface area contributed by atoms with Gasteiger partial charge in [0.15, 0.2) is 0 Å². The second kappa shape index (κ2) is 5.09. The normalized spacial score (nSPS) is 10.5. The van der Waals surface area contributed by atoms with Crippen LogP contribution in [0.25, 0.3) is 10.9 Å². The Kier molecular flexibility index (Phi) is 3.50. The predicted molar refractivity (Wildman–Crippen MR) is 67.2 cm³/mol. The summed E-state index contributed by atoms with van der Waals surface area (Å²) in [5.74, 6) is -1.31. The number of benzene rings is 1. The average molecular weight is 264 g/mol. The molecule has 19 heavy (non-hydrogen) atoms. The van der Waals surface area contributed by atoms with Crippen molar-refractivity contribution in [1.82, 2.24) is 9.88 Å². The number of rotatable bonds is 3. The number of aromatic nitrogens is 1. The molecule has 6 heteroatoms. The Morgan fingerprint density at radius 3 is 2.79 bits per heavy atom. The molecule has 0 aliphatic rings. The standard InChI is InChI=1S/C13H13FN2O3/c1-16-10-6-9(14)4-3-8(10)5-11(16)13(18)15-7-12(17)19-2/h3-6H,7H2,1-2H3,(H,15,18). The summed E-state index contributed by atoms with van der Waals surface area (Å²) in [5.41, 5.74) is 0.965. The van der Waals surface area contributed by atoms with E-state index in [2.05, 4.69) is 10.1 Å². The Morgan fingerprint density at radius 2 is 2.11 bits per heavy atom. The number of aryl methyl sites for hydroxylation is 1. The number of amides is 1. The molecule has 0 aliphatic carbocycles. The minimum Gasteiger partial charge on any atom is -0.468 e. The SMILES string of the molecule is COC(=O)CNC(=O)c1cc2ccc(F)cc2n1C. The van der Waals surface area contributed by atoms with Crippen molar-refractivity contribution in [3.05, 3.63) is 35.8 Å². The summed E-state index contributed by atoms with van der Waals surface area (Å²) >= 11 is 0. The van der Waals surface area contributed by atoms with E-state index in [-0.39, 0.29) is 12.4 Å². The van der Waals surface area contributed by atoms with E-state index in [1.165, 1.54) is 19.2 Å². The van der Waals surface area contributed by atoms with Crippen molar-refractivity contribution < 1.29 is 18.7 Å². The van der Waals surface area contributed by atoms with Crippen LogP contribution in [0.3, 0.4) is 0 Å². The highest BCUT2D eigenvalue weighted by atomic mass is 19.1. The number of carbonyl (C=O) groups excluding carboxylic acids is 2. The van der Waals surface area contributed by atoms with Crippen molar-refractivity contribution in [3.8, 4) is 0 Å². The summed E-state index contributed by atoms with van der Waals surface area (Å²) in [7, 11) is 2.91. The highest BCUT2D eigenvalue weighted by molar-refractivity contribution is 5.99. The first kappa shape index (κ1) is 13.1. The Bertz CT molecular complexity index is 649. The van der Waals surface area contributed by atoms with Gasteiger partial charge in [-0.2, -0.15) is 0 Å². The fraction of sp³-hybridized carbons (Fsp3) is 0.231. The van der Waals surface area contributed by atoms with Gasteiger partial charge in [-0.1, -0.05) is 0 Å². The zero-order chi connectivity index (χ0) is 14.0. The summed E-state index contributed by atoms with van der Waals surface area (Å²) in [6.45, 7) is -0.203. The van der Waals surface area contributed by atoms with Crippen LogP contribution in [-0.2, 0) is 16.6 Å². The van der Waals surface area contributed by atoms with Crippen LogP contribution in [0.4, 0.5) is 4.39 Å². The Balaban J connectivity index is 2.27. The van der Waals surface area contributed by atoms with Gasteiger partial charge in [-0.05, 0) is 24.3 Å². The number of carbonyl (C=O) groups is 2. The fourth-order valence-corrected chi connectivity index (χ4v) is 1.84. The Hall–Kier alpha value is -2.37. The number of methoxy groups -OCH3 is 1. The van der Waals surface area contributed by atoms with Gasteiger partial charge in [0.2, 0.25) is 0 Å². The first-order chi connectivity index (χ1) is 9.02. The first-order valence-electron chi connectivity index (χ1n) is 5.63. The number of hydrogen-bond acceptors (Lipinski definition) is 3. The zero-order valence-corrected chi connectivity index (χ0v) is 10.6. The number of fused-ring (bicyclic) bond motifs is 1. The topological polar surface area (TPSA) is 60.3 Å². The molecule has 0 saturated heterocycles. The summed E-state index contributed by atoms with van der Waals surface area (Å²) in [6, 6.07) is 5.92. The molecular formula is C13H13FN2O3. The lowest BCUT2D eigenvalue weighted by molar-refractivity contribution is -0.139. The molecule has 2 rings (SSSR count). The van der Waals surface area contributed by atoms with Crippen LogP contribution >= 0.6 is 0 Å². The Morgan fingerprint density at radius 1 is 1.37 bits per heavy atom. The van der Waals surface area contributed by atoms with Gasteiger partial charge in [-0.15, -0.1) is 0 Å². The highest BCUT2D eigenvalue weighted by Gasteiger charge is 2.14. The molecule has 1 amide bonds. The largest absolute Gasteiger partial charge is 0.468 e. The minimum absolute atomic E-state index is 0.203. The molecule has 0 saturated carbocycles. The smallest absolute Gasteiger partial charge is 0.325 e. The minimum atomic E-state index is -0.529. The third-order valence-corrected chi connectivity index (χ3v) is 2.86. The zero-order valence-electron chi connectivity index (χ0n) is 10.6. The maximum atomic E-state index is 13.2. The lowest BCUT2D eigenvalue weighted by atomic mass is 10.2. The molecule has 0 unspecified atom stereocenters. The summed E-state index contributed by atoms with van der Waals surface area (Å²) in [4.78, 5) is 22.9. The van der Waals surface area contributed by atoms with Gasteiger partial charge >= 0.3 is 5.97 Å². The van der Waals surface area contributed by atoms with Crippen molar-refractivity contribution >= 4 is 22.8 Å². The average Bonchev–Trinajstić information content (AvgIpc) is 2.73. The van der Waals surface area contributed by atoms with Gasteiger partial charge < -0.3 is 14.6 Å². The van der Waals surface area contributed by atoms with Crippen molar-refractivity contribution in [2.75, 3.05) is 13.7 Å². The van der Waals surface area contributed by atoms with Crippen molar-refractivity contribution in [2.24, 2.45) is 7.05 Å². The van der Waals surface area contributed by atoms with E-state index in [9.17, 15) is 14.0 Å². The van der Waals surface area contributed by atoms with Gasteiger partial charge in [0.05, 0.1) is 12.6 Å². The van der Waals surface area contributed by atoms with Crippen LogP contribution in [0.15, 0.2) is 24.3 Å². The first-order valence-corrected chi connectivity index (χ1v) is 5.63. The van der Waals surface area contributed by atoms with E-state index in [0.29, 0.717) is 11.2 Å². The van der Waals surface area contributed by atoms with Gasteiger partial charge in [0, 0.05) is 12.4 Å². The summed E-state index contributed by atoms with van der Waals surface area (Å²) in [5, 5.41) is 3.19. The van der Waals surface area contributed by atoms with Gasteiger partial charge in [0.25, 0.3) is 5.91 Å². The van der Waals surface area contributed by atoms with Crippen molar-refractivity contribution in [3.63, 3.8) is 0 Å². The lowest BCUT2D eigenvalue weighted by Gasteiger charge is -2.05. The number of nitrogens with one attached hydrogen (secondary N) is 1. The van der Waals surface area contributed by atoms with Crippen LogP contribution in [0.1, 0.15) is 10.5 Å². The molecular weight excluding hydrogens is 251 g/mol. The number of esters is 1. The molecule has 0 radical (unpaired) electrons. The van der Waals surface area contributed by atoms with Crippen LogP contribution < -0.4 is 5.32 Å². The number of ether oxygens (including phenoxy) is 1. The Labute approximate surface area is 109 Å². The lowest BCUT2D eigenvalue weighted by Crippen LogP contribution is -2.31. The second-order valence-corrected chi connectivity index (χ2v) is 4.05. The predicted octanol–water partition coefficient (Wildman–Crippen LogP) is 1.22. The summed E-state index contributed by atoms with van der Waals surface area (Å²) in [6.07, 6.45) is 0. The van der Waals surface area contributed by atoms with Crippen LogP contribution in [0.5, 0.6) is 0 Å². The van der Waals surface area contributed by atoms with Crippen LogP contribution in [0.2, 0.25) is 0 Å². The molecule has 0 bridgehead atoms. The summed E-state index contributed by atoms with van der Waals surface area (Å²) < 4.78 is 19.2.